The molecule has 5 aliphatic rings. The number of piperidine rings is 1. The molecule has 2 aromatic rings. The van der Waals surface area contributed by atoms with Crippen molar-refractivity contribution >= 4 is 5.78 Å². The van der Waals surface area contributed by atoms with Crippen LogP contribution in [0.2, 0.25) is 0 Å². The highest BCUT2D eigenvalue weighted by Crippen LogP contribution is 2.62. The van der Waals surface area contributed by atoms with Gasteiger partial charge in [0.1, 0.15) is 11.5 Å². The molecule has 2 saturated carbocycles. The highest BCUT2D eigenvalue weighted by molar-refractivity contribution is 5.89. The molecular formula is C29H33NO3. The summed E-state index contributed by atoms with van der Waals surface area (Å²) in [6.07, 6.45) is 8.33. The smallest absolute Gasteiger partial charge is 0.174 e. The largest absolute Gasteiger partial charge is 0.493 e. The minimum absolute atomic E-state index is 0.119. The number of ether oxygens (including phenoxy) is 2. The first-order valence-corrected chi connectivity index (χ1v) is 13.0. The predicted octanol–water partition coefficient (Wildman–Crippen LogP) is 4.72. The average molecular weight is 444 g/mol. The quantitative estimate of drug-likeness (QED) is 0.581. The average Bonchev–Trinajstić information content (AvgIpc) is 3.59. The van der Waals surface area contributed by atoms with Crippen molar-refractivity contribution in [2.24, 2.45) is 11.8 Å². The van der Waals surface area contributed by atoms with Crippen LogP contribution in [0, 0.1) is 11.8 Å². The molecule has 4 heteroatoms. The second kappa shape index (κ2) is 7.59. The Morgan fingerprint density at radius 2 is 1.97 bits per heavy atom. The summed E-state index contributed by atoms with van der Waals surface area (Å²) < 4.78 is 12.9. The number of Topliss-reactive ketones (excluding diaryl/α,β-unsaturated/α-hetero) is 1. The van der Waals surface area contributed by atoms with Crippen molar-refractivity contribution in [3.8, 4) is 11.5 Å². The van der Waals surface area contributed by atoms with Crippen molar-refractivity contribution in [1.29, 1.82) is 0 Å². The van der Waals surface area contributed by atoms with Crippen LogP contribution in [0.15, 0.2) is 42.5 Å². The molecule has 0 aromatic heterocycles. The Labute approximate surface area is 196 Å². The predicted molar refractivity (Wildman–Crippen MR) is 127 cm³/mol. The molecule has 2 heterocycles. The monoisotopic (exact) mass is 443 g/mol. The molecule has 0 N–H and O–H groups in total. The van der Waals surface area contributed by atoms with E-state index in [-0.39, 0.29) is 11.5 Å². The van der Waals surface area contributed by atoms with Gasteiger partial charge in [0.15, 0.2) is 11.9 Å². The topological polar surface area (TPSA) is 38.8 Å². The summed E-state index contributed by atoms with van der Waals surface area (Å²) in [5.41, 5.74) is 3.92. The molecule has 0 radical (unpaired) electrons. The first kappa shape index (κ1) is 20.1. The van der Waals surface area contributed by atoms with Crippen molar-refractivity contribution in [3.63, 3.8) is 0 Å². The maximum atomic E-state index is 13.1. The van der Waals surface area contributed by atoms with E-state index >= 15 is 0 Å². The Balaban J connectivity index is 1.20. The number of hydrogen-bond donors (Lipinski definition) is 0. The van der Waals surface area contributed by atoms with E-state index in [4.69, 9.17) is 9.47 Å². The van der Waals surface area contributed by atoms with Crippen LogP contribution in [0.5, 0.6) is 11.5 Å². The van der Waals surface area contributed by atoms with Crippen LogP contribution in [0.4, 0.5) is 0 Å². The molecule has 2 aromatic carbocycles. The van der Waals surface area contributed by atoms with Crippen LogP contribution in [-0.4, -0.2) is 42.5 Å². The van der Waals surface area contributed by atoms with Crippen molar-refractivity contribution in [2.45, 2.75) is 68.9 Å². The summed E-state index contributed by atoms with van der Waals surface area (Å²) >= 11 is 0. The zero-order chi connectivity index (χ0) is 22.0. The highest BCUT2D eigenvalue weighted by Gasteiger charge is 2.65. The van der Waals surface area contributed by atoms with E-state index in [9.17, 15) is 4.79 Å². The van der Waals surface area contributed by atoms with Gasteiger partial charge in [0.25, 0.3) is 0 Å². The molecule has 1 saturated heterocycles. The molecular weight excluding hydrogens is 410 g/mol. The standard InChI is InChI=1S/C29H33NO3/c31-24-11-10-22-23-17-21-25(32-16-4-7-19-5-2-1-3-6-19)12-13-26-27(21)29(22,28(24)33-26)14-15-30(23)18-20-8-9-20/h1-3,5-6,12-13,20,22-23,28H,4,7-11,14-18H2/t22-,23+,28-,29-/m0/s1. The van der Waals surface area contributed by atoms with Crippen molar-refractivity contribution < 1.29 is 14.3 Å². The van der Waals surface area contributed by atoms with Crippen LogP contribution in [0.3, 0.4) is 0 Å². The summed E-state index contributed by atoms with van der Waals surface area (Å²) in [6, 6.07) is 15.4. The van der Waals surface area contributed by atoms with Crippen molar-refractivity contribution in [2.75, 3.05) is 19.7 Å². The molecule has 33 heavy (non-hydrogen) atoms. The lowest BCUT2D eigenvalue weighted by atomic mass is 9.51. The Kier molecular flexibility index (Phi) is 4.62. The summed E-state index contributed by atoms with van der Waals surface area (Å²) in [5, 5.41) is 0. The van der Waals surface area contributed by atoms with Crippen LogP contribution in [0.25, 0.3) is 0 Å². The van der Waals surface area contributed by atoms with E-state index in [1.807, 2.05) is 0 Å². The fourth-order valence-corrected chi connectivity index (χ4v) is 7.50. The van der Waals surface area contributed by atoms with E-state index in [1.165, 1.54) is 36.1 Å². The number of carbonyl (C=O) groups is 1. The number of likely N-dealkylation sites (tertiary alicyclic amines) is 1. The molecule has 3 aliphatic carbocycles. The summed E-state index contributed by atoms with van der Waals surface area (Å²) in [7, 11) is 0. The molecule has 2 bridgehead atoms. The van der Waals surface area contributed by atoms with Crippen LogP contribution >= 0.6 is 0 Å². The normalized spacial score (nSPS) is 31.8. The SMILES string of the molecule is O=C1CC[C@H]2[C@H]3Cc4c(OCCCc5ccccc5)ccc5c4[C@@]2(CCN3CC2CC2)[C@H]1O5. The maximum Gasteiger partial charge on any atom is 0.174 e. The van der Waals surface area contributed by atoms with Gasteiger partial charge in [-0.25, -0.2) is 0 Å². The number of aryl methyl sites for hydroxylation is 1. The van der Waals surface area contributed by atoms with E-state index in [0.717, 1.165) is 62.7 Å². The van der Waals surface area contributed by atoms with Gasteiger partial charge in [-0.15, -0.1) is 0 Å². The number of benzene rings is 2. The first-order valence-electron chi connectivity index (χ1n) is 13.0. The number of hydrogen-bond acceptors (Lipinski definition) is 4. The van der Waals surface area contributed by atoms with Gasteiger partial charge < -0.3 is 9.47 Å². The minimum Gasteiger partial charge on any atom is -0.493 e. The number of ketones is 1. The lowest BCUT2D eigenvalue weighted by Crippen LogP contribution is -2.66. The van der Waals surface area contributed by atoms with Crippen LogP contribution in [-0.2, 0) is 23.1 Å². The lowest BCUT2D eigenvalue weighted by molar-refractivity contribution is -0.138. The number of nitrogens with zero attached hydrogens (tertiary/aromatic N) is 1. The molecule has 1 spiro atoms. The third-order valence-corrected chi connectivity index (χ3v) is 9.12. The first-order chi connectivity index (χ1) is 16.2. The van der Waals surface area contributed by atoms with Gasteiger partial charge in [-0.05, 0) is 81.0 Å². The van der Waals surface area contributed by atoms with Gasteiger partial charge in [-0.2, -0.15) is 0 Å². The Morgan fingerprint density at radius 3 is 2.82 bits per heavy atom. The van der Waals surface area contributed by atoms with Gasteiger partial charge in [-0.3, -0.25) is 9.69 Å². The van der Waals surface area contributed by atoms with Crippen molar-refractivity contribution in [1.82, 2.24) is 4.90 Å². The Bertz CT molecular complexity index is 1080. The maximum absolute atomic E-state index is 13.1. The minimum atomic E-state index is -0.274. The third kappa shape index (κ3) is 3.10. The van der Waals surface area contributed by atoms with Gasteiger partial charge in [-0.1, -0.05) is 30.3 Å². The zero-order valence-corrected chi connectivity index (χ0v) is 19.3. The fourth-order valence-electron chi connectivity index (χ4n) is 7.50. The van der Waals surface area contributed by atoms with E-state index in [1.54, 1.807) is 0 Å². The Hall–Kier alpha value is -2.33. The molecule has 7 rings (SSSR count). The van der Waals surface area contributed by atoms with Gasteiger partial charge in [0.05, 0.1) is 6.61 Å². The second-order valence-electron chi connectivity index (χ2n) is 11.0. The van der Waals surface area contributed by atoms with Gasteiger partial charge in [0.2, 0.25) is 0 Å². The van der Waals surface area contributed by atoms with E-state index in [2.05, 4.69) is 47.4 Å². The molecule has 0 unspecified atom stereocenters. The molecule has 0 amide bonds. The summed E-state index contributed by atoms with van der Waals surface area (Å²) in [4.78, 5) is 15.8. The van der Waals surface area contributed by atoms with Gasteiger partial charge in [0, 0.05) is 35.5 Å². The third-order valence-electron chi connectivity index (χ3n) is 9.12. The Morgan fingerprint density at radius 1 is 1.09 bits per heavy atom. The van der Waals surface area contributed by atoms with Crippen LogP contribution in [0.1, 0.15) is 55.2 Å². The molecule has 172 valence electrons. The molecule has 2 aliphatic heterocycles. The van der Waals surface area contributed by atoms with Gasteiger partial charge >= 0.3 is 0 Å². The second-order valence-corrected chi connectivity index (χ2v) is 11.0. The fraction of sp³-hybridized carbons (Fsp3) is 0.552. The molecule has 3 fully saturated rings. The number of rotatable bonds is 7. The summed E-state index contributed by atoms with van der Waals surface area (Å²) in [5.74, 6) is 3.73. The lowest BCUT2D eigenvalue weighted by Gasteiger charge is -2.57. The number of carbonyl (C=O) groups excluding carboxylic acids is 1. The van der Waals surface area contributed by atoms with E-state index < -0.39 is 0 Å². The van der Waals surface area contributed by atoms with E-state index in [0.29, 0.717) is 24.2 Å². The highest BCUT2D eigenvalue weighted by atomic mass is 16.5. The molecule has 4 atom stereocenters. The van der Waals surface area contributed by atoms with Crippen molar-refractivity contribution in [3.05, 3.63) is 59.2 Å². The van der Waals surface area contributed by atoms with Crippen LogP contribution < -0.4 is 9.47 Å². The molecule has 4 nitrogen and oxygen atoms in total. The zero-order valence-electron chi connectivity index (χ0n) is 19.3. The summed E-state index contributed by atoms with van der Waals surface area (Å²) in [6.45, 7) is 3.06.